The Morgan fingerprint density at radius 3 is 2.59 bits per heavy atom. The van der Waals surface area contributed by atoms with Crippen LogP contribution in [-0.4, -0.2) is 52.0 Å². The number of aryl methyl sites for hydroxylation is 1. The van der Waals surface area contributed by atoms with Crippen LogP contribution >= 0.6 is 0 Å². The molecule has 11 heteroatoms. The maximum absolute atomic E-state index is 12.9. The zero-order valence-corrected chi connectivity index (χ0v) is 24.4. The van der Waals surface area contributed by atoms with E-state index in [2.05, 4.69) is 34.1 Å². The number of likely N-dealkylation sites (tertiary alicyclic amines) is 1. The molecule has 1 aromatic heterocycles. The van der Waals surface area contributed by atoms with E-state index in [4.69, 9.17) is 9.25 Å². The van der Waals surface area contributed by atoms with Gasteiger partial charge in [-0.25, -0.2) is 0 Å². The van der Waals surface area contributed by atoms with Gasteiger partial charge in [0, 0.05) is 30.4 Å². The lowest BCUT2D eigenvalue weighted by molar-refractivity contribution is -0.141. The van der Waals surface area contributed by atoms with Crippen molar-refractivity contribution in [3.63, 3.8) is 0 Å². The number of hydrogen-bond donors (Lipinski definition) is 4. The van der Waals surface area contributed by atoms with E-state index in [9.17, 15) is 19.5 Å². The molecule has 3 unspecified atom stereocenters. The summed E-state index contributed by atoms with van der Waals surface area (Å²) in [4.78, 5) is 49.1. The third kappa shape index (κ3) is 6.13. The number of carbonyl (C=O) groups is 3. The van der Waals surface area contributed by atoms with Crippen molar-refractivity contribution in [1.82, 2.24) is 15.4 Å². The third-order valence-electron chi connectivity index (χ3n) is 7.99. The standard InChI is InChI=1S/C33H33N5O6/c1-3-21-6-4-5-7-26(21)35-33-36-27-13-8-20(15-29(27)43-33)16-30(39)34-23-11-9-22(10-12-23)24-17-38(18-25(24)32(41)42)31(40)28-14-19(2)44-37-28/h4-15,19,24-25,37H,3,16-18H2,1-2H3,(H,34,39)(H,35,36)(H,41,42). The lowest BCUT2D eigenvalue weighted by atomic mass is 9.89. The normalized spacial score (nSPS) is 19.5. The van der Waals surface area contributed by atoms with Gasteiger partial charge < -0.3 is 25.1 Å². The number of hydroxylamine groups is 1. The van der Waals surface area contributed by atoms with E-state index in [-0.39, 0.29) is 43.3 Å². The molecule has 0 spiro atoms. The fourth-order valence-electron chi connectivity index (χ4n) is 5.70. The number of para-hydroxylation sites is 1. The molecular weight excluding hydrogens is 562 g/mol. The molecule has 3 aromatic carbocycles. The van der Waals surface area contributed by atoms with Gasteiger partial charge in [-0.05, 0) is 66.4 Å². The fourth-order valence-corrected chi connectivity index (χ4v) is 5.70. The predicted molar refractivity (Wildman–Crippen MR) is 164 cm³/mol. The Bertz CT molecular complexity index is 1750. The van der Waals surface area contributed by atoms with E-state index < -0.39 is 11.9 Å². The third-order valence-corrected chi connectivity index (χ3v) is 7.99. The van der Waals surface area contributed by atoms with Crippen LogP contribution in [0.4, 0.5) is 17.4 Å². The predicted octanol–water partition coefficient (Wildman–Crippen LogP) is 4.75. The average Bonchev–Trinajstić information content (AvgIpc) is 3.75. The average molecular weight is 596 g/mol. The first-order valence-corrected chi connectivity index (χ1v) is 14.6. The number of nitrogens with zero attached hydrogens (tertiary/aromatic N) is 2. The minimum Gasteiger partial charge on any atom is -0.481 e. The van der Waals surface area contributed by atoms with Crippen LogP contribution in [0.3, 0.4) is 0 Å². The Morgan fingerprint density at radius 1 is 1.07 bits per heavy atom. The molecule has 3 heterocycles. The fraction of sp³-hybridized carbons (Fsp3) is 0.273. The molecule has 0 aliphatic carbocycles. The second-order valence-electron chi connectivity index (χ2n) is 11.1. The number of benzene rings is 3. The number of hydrogen-bond acceptors (Lipinski definition) is 8. The molecule has 0 radical (unpaired) electrons. The molecule has 4 aromatic rings. The van der Waals surface area contributed by atoms with Crippen molar-refractivity contribution in [2.45, 2.75) is 38.7 Å². The van der Waals surface area contributed by atoms with Gasteiger partial charge in [0.25, 0.3) is 11.9 Å². The lowest BCUT2D eigenvalue weighted by Crippen LogP contribution is -2.34. The molecule has 44 heavy (non-hydrogen) atoms. The van der Waals surface area contributed by atoms with Crippen LogP contribution in [0.5, 0.6) is 0 Å². The lowest BCUT2D eigenvalue weighted by Gasteiger charge is -2.17. The zero-order valence-electron chi connectivity index (χ0n) is 24.4. The van der Waals surface area contributed by atoms with Crippen molar-refractivity contribution in [1.29, 1.82) is 0 Å². The molecule has 226 valence electrons. The summed E-state index contributed by atoms with van der Waals surface area (Å²) in [5.74, 6) is -2.59. The van der Waals surface area contributed by atoms with Gasteiger partial charge in [0.2, 0.25) is 5.91 Å². The van der Waals surface area contributed by atoms with Crippen LogP contribution in [0, 0.1) is 5.92 Å². The van der Waals surface area contributed by atoms with Gasteiger partial charge in [-0.15, -0.1) is 0 Å². The number of carboxylic acid groups (broad SMARTS) is 1. The van der Waals surface area contributed by atoms with Crippen molar-refractivity contribution < 1.29 is 28.7 Å². The Balaban J connectivity index is 1.08. The minimum absolute atomic E-state index is 0.101. The molecule has 4 N–H and O–H groups in total. The highest BCUT2D eigenvalue weighted by Gasteiger charge is 2.41. The number of aliphatic carboxylic acids is 1. The van der Waals surface area contributed by atoms with Crippen LogP contribution in [-0.2, 0) is 32.1 Å². The molecule has 0 saturated carbocycles. The number of oxazole rings is 1. The number of fused-ring (bicyclic) bond motifs is 1. The summed E-state index contributed by atoms with van der Waals surface area (Å²) in [7, 11) is 0. The number of carboxylic acids is 1. The molecule has 1 fully saturated rings. The molecule has 11 nitrogen and oxygen atoms in total. The molecular formula is C33H33N5O6. The van der Waals surface area contributed by atoms with E-state index in [0.717, 1.165) is 28.8 Å². The number of amides is 2. The summed E-state index contributed by atoms with van der Waals surface area (Å²) in [6.07, 6.45) is 2.45. The smallest absolute Gasteiger partial charge is 0.308 e. The summed E-state index contributed by atoms with van der Waals surface area (Å²) in [5, 5.41) is 16.0. The van der Waals surface area contributed by atoms with E-state index >= 15 is 0 Å². The Kier molecular flexibility index (Phi) is 8.03. The van der Waals surface area contributed by atoms with Crippen molar-refractivity contribution in [3.05, 3.63) is 95.2 Å². The molecule has 2 amide bonds. The first kappa shape index (κ1) is 28.9. The minimum atomic E-state index is -0.960. The van der Waals surface area contributed by atoms with Gasteiger partial charge >= 0.3 is 5.97 Å². The largest absolute Gasteiger partial charge is 0.481 e. The molecule has 1 saturated heterocycles. The van der Waals surface area contributed by atoms with E-state index in [1.54, 1.807) is 37.3 Å². The number of carbonyl (C=O) groups excluding carboxylic acids is 2. The zero-order chi connectivity index (χ0) is 30.8. The topological polar surface area (TPSA) is 146 Å². The van der Waals surface area contributed by atoms with Crippen molar-refractivity contribution in [2.75, 3.05) is 23.7 Å². The second-order valence-corrected chi connectivity index (χ2v) is 11.1. The van der Waals surface area contributed by atoms with E-state index in [0.29, 0.717) is 28.5 Å². The summed E-state index contributed by atoms with van der Waals surface area (Å²) < 4.78 is 5.92. The van der Waals surface area contributed by atoms with Gasteiger partial charge in [-0.1, -0.05) is 43.3 Å². The first-order chi connectivity index (χ1) is 21.3. The highest BCUT2D eigenvalue weighted by atomic mass is 16.7. The molecule has 0 bridgehead atoms. The van der Waals surface area contributed by atoms with Gasteiger partial charge in [0.05, 0.1) is 12.3 Å². The van der Waals surface area contributed by atoms with Gasteiger partial charge in [-0.3, -0.25) is 24.7 Å². The van der Waals surface area contributed by atoms with Crippen molar-refractivity contribution >= 4 is 46.3 Å². The van der Waals surface area contributed by atoms with E-state index in [1.165, 1.54) is 4.90 Å². The number of rotatable bonds is 9. The highest BCUT2D eigenvalue weighted by molar-refractivity contribution is 5.94. The van der Waals surface area contributed by atoms with Gasteiger partial charge in [0.15, 0.2) is 5.58 Å². The second kappa shape index (κ2) is 12.2. The van der Waals surface area contributed by atoms with Crippen LogP contribution in [0.15, 0.2) is 82.9 Å². The first-order valence-electron chi connectivity index (χ1n) is 14.6. The van der Waals surface area contributed by atoms with Crippen LogP contribution < -0.4 is 16.1 Å². The van der Waals surface area contributed by atoms with Crippen LogP contribution in [0.2, 0.25) is 0 Å². The van der Waals surface area contributed by atoms with Crippen LogP contribution in [0.1, 0.15) is 36.5 Å². The Labute approximate surface area is 253 Å². The van der Waals surface area contributed by atoms with Crippen molar-refractivity contribution in [2.24, 2.45) is 5.92 Å². The molecule has 2 aliphatic heterocycles. The molecule has 6 rings (SSSR count). The Morgan fingerprint density at radius 2 is 1.86 bits per heavy atom. The SMILES string of the molecule is CCc1ccccc1Nc1nc2ccc(CC(=O)Nc3ccc(C4CN(C(=O)C5=CC(C)ON5)CC4C(=O)O)cc3)cc2o1. The van der Waals surface area contributed by atoms with Gasteiger partial charge in [0.1, 0.15) is 17.3 Å². The number of anilines is 3. The van der Waals surface area contributed by atoms with Crippen LogP contribution in [0.25, 0.3) is 11.1 Å². The monoisotopic (exact) mass is 595 g/mol. The summed E-state index contributed by atoms with van der Waals surface area (Å²) in [6, 6.07) is 21.0. The van der Waals surface area contributed by atoms with Gasteiger partial charge in [-0.2, -0.15) is 4.98 Å². The maximum atomic E-state index is 12.9. The quantitative estimate of drug-likeness (QED) is 0.215. The summed E-state index contributed by atoms with van der Waals surface area (Å²) in [5.41, 5.74) is 8.44. The van der Waals surface area contributed by atoms with Crippen molar-refractivity contribution in [3.8, 4) is 0 Å². The van der Waals surface area contributed by atoms with E-state index in [1.807, 2.05) is 36.4 Å². The Hall–Kier alpha value is -5.16. The summed E-state index contributed by atoms with van der Waals surface area (Å²) in [6.45, 7) is 4.26. The highest BCUT2D eigenvalue weighted by Crippen LogP contribution is 2.34. The maximum Gasteiger partial charge on any atom is 0.308 e. The number of nitrogens with one attached hydrogen (secondary N) is 3. The molecule has 3 atom stereocenters. The summed E-state index contributed by atoms with van der Waals surface area (Å²) >= 11 is 0. The number of aromatic nitrogens is 1. The molecule has 2 aliphatic rings.